The van der Waals surface area contributed by atoms with Crippen LogP contribution >= 0.6 is 0 Å². The number of rotatable bonds is 10. The first kappa shape index (κ1) is 55.3. The maximum Gasteiger partial charge on any atom is 0.0726 e. The van der Waals surface area contributed by atoms with Gasteiger partial charge in [0.05, 0.1) is 27.5 Å². The van der Waals surface area contributed by atoms with Gasteiger partial charge < -0.3 is 14.0 Å². The van der Waals surface area contributed by atoms with Crippen LogP contribution in [-0.2, 0) is 5.41 Å². The highest BCUT2D eigenvalue weighted by Gasteiger charge is 2.52. The predicted molar refractivity (Wildman–Crippen MR) is 389 cm³/mol. The standard InChI is InChI=1S/C89H71N3/c1-87(2,3)57-82(88(4,5)6)64-25-21-24-61(52-64)63-40-48-72-70-28-13-17-32-78(70)89(80(72)54-63)79-33-18-14-29-71(79)73-49-46-68(55-81(73)89)92-84-35-20-16-31-75(84)77-53-62(41-51-85(77)92)60-38-44-67(45-39-60)90(66-42-36-59(37-43-66)58-22-9-7-10-23-58)69-47-50-76-74-30-15-19-34-83(74)91(86(76)56-69)65-26-11-8-12-27-65/h7-56,82H,57H2,1-6H3. The van der Waals surface area contributed by atoms with Crippen molar-refractivity contribution in [2.24, 2.45) is 10.8 Å². The van der Waals surface area contributed by atoms with Gasteiger partial charge in [-0.2, -0.15) is 0 Å². The Morgan fingerprint density at radius 1 is 0.304 bits per heavy atom. The second-order valence-corrected chi connectivity index (χ2v) is 27.9. The van der Waals surface area contributed by atoms with Crippen LogP contribution in [0.1, 0.15) is 81.7 Å². The average molecular weight is 1180 g/mol. The van der Waals surface area contributed by atoms with E-state index in [1.165, 1.54) is 116 Å². The molecule has 2 unspecified atom stereocenters. The molecule has 2 aliphatic rings. The van der Waals surface area contributed by atoms with Gasteiger partial charge in [-0.05, 0) is 198 Å². The average Bonchev–Trinajstić information content (AvgIpc) is 1.51. The first-order chi connectivity index (χ1) is 44.9. The SMILES string of the molecule is CC(C)(C)CC(c1cccc(-c2ccc3c(c2)C2(c4ccccc4-3)c3ccccc3-c3ccc(-n4c5ccccc5c5cc(-c6ccc(N(c7ccc(-c8ccccc8)cc7)c7ccc8c9ccccc9n(-c9ccccc9)c8c7)cc6)ccc54)cc32)c1)C(C)(C)C. The number of para-hydroxylation sites is 3. The summed E-state index contributed by atoms with van der Waals surface area (Å²) < 4.78 is 4.91. The van der Waals surface area contributed by atoms with Crippen LogP contribution in [0.25, 0.3) is 111 Å². The molecule has 0 saturated carbocycles. The van der Waals surface area contributed by atoms with Gasteiger partial charge in [0.15, 0.2) is 0 Å². The highest BCUT2D eigenvalue weighted by molar-refractivity contribution is 6.12. The quantitative estimate of drug-likeness (QED) is 0.133. The highest BCUT2D eigenvalue weighted by atomic mass is 15.1. The number of hydrogen-bond donors (Lipinski definition) is 0. The van der Waals surface area contributed by atoms with E-state index in [4.69, 9.17) is 0 Å². The van der Waals surface area contributed by atoms with E-state index in [-0.39, 0.29) is 10.8 Å². The lowest BCUT2D eigenvalue weighted by atomic mass is 9.68. The molecule has 2 atom stereocenters. The van der Waals surface area contributed by atoms with Crippen molar-refractivity contribution in [2.45, 2.75) is 59.3 Å². The third-order valence-electron chi connectivity index (χ3n) is 20.1. The van der Waals surface area contributed by atoms with Gasteiger partial charge in [-0.3, -0.25) is 0 Å². The highest BCUT2D eigenvalue weighted by Crippen LogP contribution is 2.64. The predicted octanol–water partition coefficient (Wildman–Crippen LogP) is 24.3. The first-order valence-electron chi connectivity index (χ1n) is 32.6. The molecule has 2 aliphatic carbocycles. The van der Waals surface area contributed by atoms with Gasteiger partial charge >= 0.3 is 0 Å². The van der Waals surface area contributed by atoms with Gasteiger partial charge in [0.25, 0.3) is 0 Å². The van der Waals surface area contributed by atoms with Crippen LogP contribution in [-0.4, -0.2) is 9.13 Å². The van der Waals surface area contributed by atoms with Crippen molar-refractivity contribution in [3.05, 3.63) is 331 Å². The molecule has 442 valence electrons. The van der Waals surface area contributed by atoms with Gasteiger partial charge in [0.1, 0.15) is 0 Å². The molecule has 17 rings (SSSR count). The fourth-order valence-corrected chi connectivity index (χ4v) is 16.0. The molecule has 0 amide bonds. The third kappa shape index (κ3) is 8.85. The number of benzene rings is 13. The van der Waals surface area contributed by atoms with Crippen molar-refractivity contribution in [1.82, 2.24) is 9.13 Å². The number of fused-ring (bicyclic) bond motifs is 16. The summed E-state index contributed by atoms with van der Waals surface area (Å²) in [6, 6.07) is 114. The molecule has 1 spiro atoms. The molecule has 92 heavy (non-hydrogen) atoms. The second-order valence-electron chi connectivity index (χ2n) is 27.9. The largest absolute Gasteiger partial charge is 0.310 e. The second kappa shape index (κ2) is 21.2. The fourth-order valence-electron chi connectivity index (χ4n) is 16.0. The molecule has 13 aromatic carbocycles. The van der Waals surface area contributed by atoms with Crippen molar-refractivity contribution in [2.75, 3.05) is 4.90 Å². The molecule has 0 saturated heterocycles. The van der Waals surface area contributed by atoms with Crippen LogP contribution in [0.2, 0.25) is 0 Å². The normalized spacial score (nSPS) is 14.5. The van der Waals surface area contributed by atoms with Crippen molar-refractivity contribution in [3.8, 4) is 67.0 Å². The topological polar surface area (TPSA) is 13.1 Å². The van der Waals surface area contributed by atoms with Gasteiger partial charge in [0, 0.05) is 50.0 Å². The number of anilines is 3. The van der Waals surface area contributed by atoms with Gasteiger partial charge in [0.2, 0.25) is 0 Å². The molecule has 0 bridgehead atoms. The Hall–Kier alpha value is -10.7. The molecule has 0 N–H and O–H groups in total. The number of hydrogen-bond acceptors (Lipinski definition) is 1. The minimum absolute atomic E-state index is 0.115. The van der Waals surface area contributed by atoms with Crippen LogP contribution in [0.5, 0.6) is 0 Å². The van der Waals surface area contributed by atoms with E-state index in [0.29, 0.717) is 5.92 Å². The Labute approximate surface area is 539 Å². The zero-order valence-electron chi connectivity index (χ0n) is 53.0. The summed E-state index contributed by atoms with van der Waals surface area (Å²) >= 11 is 0. The Bertz CT molecular complexity index is 5370. The summed E-state index contributed by atoms with van der Waals surface area (Å²) in [4.78, 5) is 2.40. The molecular formula is C89H71N3. The maximum absolute atomic E-state index is 2.55. The molecular weight excluding hydrogens is 1110 g/mol. The summed E-state index contributed by atoms with van der Waals surface area (Å²) in [5, 5.41) is 4.92. The van der Waals surface area contributed by atoms with Crippen LogP contribution in [0.4, 0.5) is 17.1 Å². The fraction of sp³-hybridized carbons (Fsp3) is 0.124. The van der Waals surface area contributed by atoms with E-state index in [0.717, 1.165) is 45.9 Å². The summed E-state index contributed by atoms with van der Waals surface area (Å²) in [6.07, 6.45) is 1.12. The molecule has 3 nitrogen and oxygen atoms in total. The Kier molecular flexibility index (Phi) is 12.7. The smallest absolute Gasteiger partial charge is 0.0726 e. The lowest BCUT2D eigenvalue weighted by Gasteiger charge is -2.36. The molecule has 0 radical (unpaired) electrons. The van der Waals surface area contributed by atoms with E-state index in [1.54, 1.807) is 0 Å². The number of nitrogens with zero attached hydrogens (tertiary/aromatic N) is 3. The van der Waals surface area contributed by atoms with Crippen LogP contribution < -0.4 is 4.90 Å². The minimum Gasteiger partial charge on any atom is -0.310 e. The Morgan fingerprint density at radius 3 is 1.41 bits per heavy atom. The molecule has 2 aromatic heterocycles. The van der Waals surface area contributed by atoms with E-state index in [2.05, 4.69) is 359 Å². The van der Waals surface area contributed by atoms with Crippen LogP contribution in [0.15, 0.2) is 303 Å². The first-order valence-corrected chi connectivity index (χ1v) is 32.6. The van der Waals surface area contributed by atoms with Crippen molar-refractivity contribution in [1.29, 1.82) is 0 Å². The third-order valence-corrected chi connectivity index (χ3v) is 20.1. The van der Waals surface area contributed by atoms with Crippen LogP contribution in [0.3, 0.4) is 0 Å². The zero-order valence-corrected chi connectivity index (χ0v) is 53.0. The van der Waals surface area contributed by atoms with E-state index in [9.17, 15) is 0 Å². The zero-order chi connectivity index (χ0) is 62.0. The summed E-state index contributed by atoms with van der Waals surface area (Å²) in [5.41, 5.74) is 29.3. The molecule has 0 aliphatic heterocycles. The molecule has 3 heteroatoms. The minimum atomic E-state index is -0.532. The van der Waals surface area contributed by atoms with Crippen molar-refractivity contribution >= 4 is 60.7 Å². The molecule has 2 heterocycles. The van der Waals surface area contributed by atoms with Gasteiger partial charge in [-0.1, -0.05) is 254 Å². The molecule has 0 fully saturated rings. The monoisotopic (exact) mass is 1180 g/mol. The summed E-state index contributed by atoms with van der Waals surface area (Å²) in [6.45, 7) is 14.3. The Morgan fingerprint density at radius 2 is 0.761 bits per heavy atom. The number of aromatic nitrogens is 2. The maximum atomic E-state index is 2.55. The van der Waals surface area contributed by atoms with Gasteiger partial charge in [-0.25, -0.2) is 0 Å². The lowest BCUT2D eigenvalue weighted by Crippen LogP contribution is -2.26. The van der Waals surface area contributed by atoms with Crippen LogP contribution in [0, 0.1) is 10.8 Å². The lowest BCUT2D eigenvalue weighted by molar-refractivity contribution is 0.229. The molecule has 15 aromatic rings. The van der Waals surface area contributed by atoms with E-state index < -0.39 is 5.41 Å². The van der Waals surface area contributed by atoms with E-state index in [1.807, 2.05) is 0 Å². The van der Waals surface area contributed by atoms with Crippen molar-refractivity contribution < 1.29 is 0 Å². The summed E-state index contributed by atoms with van der Waals surface area (Å²) in [7, 11) is 0. The van der Waals surface area contributed by atoms with E-state index >= 15 is 0 Å². The Balaban J connectivity index is 0.774. The van der Waals surface area contributed by atoms with Crippen molar-refractivity contribution in [3.63, 3.8) is 0 Å². The van der Waals surface area contributed by atoms with Gasteiger partial charge in [-0.15, -0.1) is 0 Å². The summed E-state index contributed by atoms with van der Waals surface area (Å²) in [5.74, 6) is 0.417.